The van der Waals surface area contributed by atoms with Crippen LogP contribution in [-0.4, -0.2) is 39.2 Å². The predicted molar refractivity (Wildman–Crippen MR) is 86.2 cm³/mol. The lowest BCUT2D eigenvalue weighted by Crippen LogP contribution is -2.30. The number of ether oxygens (including phenoxy) is 1. The van der Waals surface area contributed by atoms with Crippen molar-refractivity contribution in [3.05, 3.63) is 16.8 Å². The quantitative estimate of drug-likeness (QED) is 0.669. The number of aromatic nitrogens is 3. The van der Waals surface area contributed by atoms with Crippen molar-refractivity contribution in [1.82, 2.24) is 14.5 Å². The Morgan fingerprint density at radius 2 is 1.78 bits per heavy atom. The van der Waals surface area contributed by atoms with Crippen molar-refractivity contribution in [3.63, 3.8) is 0 Å². The minimum atomic E-state index is -3.37. The van der Waals surface area contributed by atoms with E-state index in [4.69, 9.17) is 19.5 Å². The molecule has 1 heterocycles. The molecular formula is C13H25N4O5P. The molecule has 23 heavy (non-hydrogen) atoms. The molecule has 0 aliphatic rings. The van der Waals surface area contributed by atoms with Gasteiger partial charge in [-0.05, 0) is 34.6 Å². The summed E-state index contributed by atoms with van der Waals surface area (Å²) in [5.74, 6) is -0.0833. The Balaban J connectivity index is 2.66. The van der Waals surface area contributed by atoms with Crippen molar-refractivity contribution in [3.8, 4) is 0 Å². The Kier molecular flexibility index (Phi) is 7.34. The first-order chi connectivity index (χ1) is 10.6. The third-order valence-electron chi connectivity index (χ3n) is 2.50. The van der Waals surface area contributed by atoms with E-state index >= 15 is 0 Å². The van der Waals surface area contributed by atoms with Crippen LogP contribution < -0.4 is 11.4 Å². The van der Waals surface area contributed by atoms with Crippen LogP contribution in [0.1, 0.15) is 34.6 Å². The first-order valence-corrected chi connectivity index (χ1v) is 9.10. The lowest BCUT2D eigenvalue weighted by Gasteiger charge is -2.24. The van der Waals surface area contributed by atoms with Gasteiger partial charge in [0.15, 0.2) is 0 Å². The number of anilines is 1. The van der Waals surface area contributed by atoms with E-state index in [1.165, 1.54) is 10.9 Å². The second-order valence-electron chi connectivity index (χ2n) is 5.68. The largest absolute Gasteiger partial charge is 0.368 e. The van der Waals surface area contributed by atoms with Crippen LogP contribution >= 0.6 is 7.60 Å². The van der Waals surface area contributed by atoms with Crippen LogP contribution in [0.3, 0.4) is 0 Å². The van der Waals surface area contributed by atoms with Crippen molar-refractivity contribution in [2.75, 3.05) is 12.1 Å². The van der Waals surface area contributed by atoms with Crippen LogP contribution in [-0.2, 0) is 24.9 Å². The number of nitrogens with zero attached hydrogens (tertiary/aromatic N) is 3. The SMILES string of the molecule is CC(C)OP(=O)(CO[C@H](C)Cn1cnc(N)nc1=O)OC(C)C. The fraction of sp³-hybridized carbons (Fsp3) is 0.769. The van der Waals surface area contributed by atoms with E-state index in [1.54, 1.807) is 34.6 Å². The number of nitrogen functional groups attached to an aromatic ring is 1. The van der Waals surface area contributed by atoms with E-state index in [0.29, 0.717) is 0 Å². The van der Waals surface area contributed by atoms with Gasteiger partial charge in [0, 0.05) is 0 Å². The minimum absolute atomic E-state index is 0.0833. The molecule has 0 aromatic carbocycles. The van der Waals surface area contributed by atoms with Crippen LogP contribution in [0.15, 0.2) is 11.1 Å². The number of hydrogen-bond acceptors (Lipinski definition) is 8. The number of nitrogens with two attached hydrogens (primary N) is 1. The first kappa shape index (κ1) is 19.8. The molecule has 0 saturated heterocycles. The summed E-state index contributed by atoms with van der Waals surface area (Å²) in [6, 6.07) is 0. The lowest BCUT2D eigenvalue weighted by atomic mass is 10.4. The van der Waals surface area contributed by atoms with E-state index < -0.39 is 19.4 Å². The molecule has 1 rings (SSSR count). The van der Waals surface area contributed by atoms with Crippen LogP contribution in [0, 0.1) is 0 Å². The molecule has 0 bridgehead atoms. The Labute approximate surface area is 135 Å². The lowest BCUT2D eigenvalue weighted by molar-refractivity contribution is 0.0535. The van der Waals surface area contributed by atoms with Gasteiger partial charge in [0.1, 0.15) is 12.7 Å². The van der Waals surface area contributed by atoms with E-state index in [1.807, 2.05) is 0 Å². The van der Waals surface area contributed by atoms with Gasteiger partial charge in [-0.2, -0.15) is 4.98 Å². The van der Waals surface area contributed by atoms with Crippen molar-refractivity contribution in [1.29, 1.82) is 0 Å². The molecule has 1 aromatic heterocycles. The second kappa shape index (κ2) is 8.54. The van der Waals surface area contributed by atoms with Crippen molar-refractivity contribution in [2.45, 2.75) is 59.5 Å². The van der Waals surface area contributed by atoms with Crippen molar-refractivity contribution >= 4 is 13.5 Å². The van der Waals surface area contributed by atoms with Crippen molar-refractivity contribution in [2.24, 2.45) is 0 Å². The smallest absolute Gasteiger partial charge is 0.356 e. The second-order valence-corrected chi connectivity index (χ2v) is 7.58. The maximum atomic E-state index is 12.6. The fourth-order valence-electron chi connectivity index (χ4n) is 1.77. The highest BCUT2D eigenvalue weighted by Crippen LogP contribution is 2.50. The molecule has 0 saturated carbocycles. The van der Waals surface area contributed by atoms with Gasteiger partial charge in [-0.25, -0.2) is 9.78 Å². The molecule has 2 N–H and O–H groups in total. The summed E-state index contributed by atoms with van der Waals surface area (Å²) in [5, 5.41) is 0. The summed E-state index contributed by atoms with van der Waals surface area (Å²) in [7, 11) is -3.37. The molecule has 1 aromatic rings. The molecule has 0 aliphatic carbocycles. The highest BCUT2D eigenvalue weighted by molar-refractivity contribution is 7.53. The summed E-state index contributed by atoms with van der Waals surface area (Å²) < 4.78 is 30.2. The van der Waals surface area contributed by atoms with Gasteiger partial charge >= 0.3 is 13.3 Å². The molecule has 0 aliphatic heterocycles. The van der Waals surface area contributed by atoms with Gasteiger partial charge in [0.2, 0.25) is 5.95 Å². The fourth-order valence-corrected chi connectivity index (χ4v) is 3.66. The number of rotatable bonds is 9. The van der Waals surface area contributed by atoms with Gasteiger partial charge < -0.3 is 19.5 Å². The van der Waals surface area contributed by atoms with Crippen LogP contribution in [0.5, 0.6) is 0 Å². The van der Waals surface area contributed by atoms with Crippen LogP contribution in [0.4, 0.5) is 5.95 Å². The van der Waals surface area contributed by atoms with Gasteiger partial charge in [0.25, 0.3) is 0 Å². The topological polar surface area (TPSA) is 119 Å². The Bertz CT molecular complexity index is 590. The van der Waals surface area contributed by atoms with E-state index in [0.717, 1.165) is 0 Å². The monoisotopic (exact) mass is 348 g/mol. The average molecular weight is 348 g/mol. The zero-order valence-corrected chi connectivity index (χ0v) is 15.0. The zero-order valence-electron chi connectivity index (χ0n) is 14.1. The summed E-state index contributed by atoms with van der Waals surface area (Å²) in [6.45, 7) is 9.01. The van der Waals surface area contributed by atoms with Crippen LogP contribution in [0.25, 0.3) is 0 Å². The molecule has 10 heteroatoms. The number of hydrogen-bond donors (Lipinski definition) is 1. The Morgan fingerprint density at radius 3 is 2.26 bits per heavy atom. The highest BCUT2D eigenvalue weighted by atomic mass is 31.2. The van der Waals surface area contributed by atoms with Gasteiger partial charge in [-0.1, -0.05) is 0 Å². The van der Waals surface area contributed by atoms with Gasteiger partial charge in [-0.3, -0.25) is 9.13 Å². The van der Waals surface area contributed by atoms with E-state index in [9.17, 15) is 9.36 Å². The Hall–Kier alpha value is -1.28. The summed E-state index contributed by atoms with van der Waals surface area (Å²) >= 11 is 0. The normalized spacial score (nSPS) is 13.7. The van der Waals surface area contributed by atoms with E-state index in [-0.39, 0.29) is 31.0 Å². The maximum absolute atomic E-state index is 12.6. The first-order valence-electron chi connectivity index (χ1n) is 7.37. The van der Waals surface area contributed by atoms with Gasteiger partial charge in [0.05, 0.1) is 24.9 Å². The molecule has 0 radical (unpaired) electrons. The summed E-state index contributed by atoms with van der Waals surface area (Å²) in [5.41, 5.74) is 4.81. The van der Waals surface area contributed by atoms with Crippen molar-refractivity contribution < 1.29 is 18.3 Å². The van der Waals surface area contributed by atoms with E-state index in [2.05, 4.69) is 9.97 Å². The molecule has 0 amide bonds. The molecule has 9 nitrogen and oxygen atoms in total. The zero-order chi connectivity index (χ0) is 17.6. The summed E-state index contributed by atoms with van der Waals surface area (Å²) in [6.07, 6.45) is 0.159. The molecule has 0 spiro atoms. The average Bonchev–Trinajstić information content (AvgIpc) is 2.38. The Morgan fingerprint density at radius 1 is 1.22 bits per heavy atom. The molecule has 132 valence electrons. The maximum Gasteiger partial charge on any atom is 0.356 e. The molecule has 0 fully saturated rings. The third kappa shape index (κ3) is 7.22. The molecule has 0 unspecified atom stereocenters. The highest BCUT2D eigenvalue weighted by Gasteiger charge is 2.29. The standard InChI is InChI=1S/C13H25N4O5P/c1-9(2)21-23(19,22-10(3)4)8-20-11(5)6-17-7-15-12(14)16-13(17)18/h7,9-11H,6,8H2,1-5H3,(H2,14,16,18)/t11-/m1/s1. The molecular weight excluding hydrogens is 323 g/mol. The minimum Gasteiger partial charge on any atom is -0.368 e. The molecule has 1 atom stereocenters. The van der Waals surface area contributed by atoms with Crippen LogP contribution in [0.2, 0.25) is 0 Å². The van der Waals surface area contributed by atoms with Gasteiger partial charge in [-0.15, -0.1) is 0 Å². The summed E-state index contributed by atoms with van der Waals surface area (Å²) in [4.78, 5) is 18.9. The third-order valence-corrected chi connectivity index (χ3v) is 4.45. The predicted octanol–water partition coefficient (Wildman–Crippen LogP) is 1.63.